The van der Waals surface area contributed by atoms with Gasteiger partial charge in [0.25, 0.3) is 0 Å². The third-order valence-corrected chi connectivity index (χ3v) is 6.35. The molecule has 1 saturated heterocycles. The van der Waals surface area contributed by atoms with Gasteiger partial charge >= 0.3 is 0 Å². The molecule has 1 saturated carbocycles. The van der Waals surface area contributed by atoms with Crippen LogP contribution in [0.3, 0.4) is 0 Å². The van der Waals surface area contributed by atoms with E-state index in [1.807, 2.05) is 6.92 Å². The highest BCUT2D eigenvalue weighted by atomic mass is 32.2. The van der Waals surface area contributed by atoms with Crippen molar-refractivity contribution in [3.63, 3.8) is 0 Å². The van der Waals surface area contributed by atoms with Crippen molar-refractivity contribution in [1.82, 2.24) is 10.2 Å². The maximum atomic E-state index is 12.4. The maximum Gasteiger partial charge on any atom is 0.246 e. The summed E-state index contributed by atoms with van der Waals surface area (Å²) in [4.78, 5) is 26.3. The number of piperazine rings is 1. The van der Waals surface area contributed by atoms with Crippen LogP contribution >= 0.6 is 0 Å². The number of amides is 2. The van der Waals surface area contributed by atoms with Crippen LogP contribution in [0, 0.1) is 5.92 Å². The van der Waals surface area contributed by atoms with E-state index in [4.69, 9.17) is 0 Å². The zero-order chi connectivity index (χ0) is 15.8. The summed E-state index contributed by atoms with van der Waals surface area (Å²) < 4.78 is 23.8. The highest BCUT2D eigenvalue weighted by Crippen LogP contribution is 2.44. The highest BCUT2D eigenvalue weighted by Gasteiger charge is 2.56. The molecule has 2 unspecified atom stereocenters. The van der Waals surface area contributed by atoms with Gasteiger partial charge in [-0.05, 0) is 39.0 Å². The van der Waals surface area contributed by atoms with Gasteiger partial charge in [0.15, 0.2) is 9.84 Å². The Balaban J connectivity index is 2.19. The van der Waals surface area contributed by atoms with Gasteiger partial charge in [-0.3, -0.25) is 9.59 Å². The van der Waals surface area contributed by atoms with Gasteiger partial charge < -0.3 is 10.2 Å². The van der Waals surface area contributed by atoms with E-state index in [9.17, 15) is 18.0 Å². The normalized spacial score (nSPS) is 30.4. The Bertz CT molecular complexity index is 541. The SMILES string of the molecule is CCCS(=O)(=O)CCN1C(=O)C(C)NC(=O)C1(C)C1CC1. The van der Waals surface area contributed by atoms with Gasteiger partial charge in [-0.1, -0.05) is 6.92 Å². The lowest BCUT2D eigenvalue weighted by molar-refractivity contribution is -0.157. The Morgan fingerprint density at radius 3 is 2.43 bits per heavy atom. The van der Waals surface area contributed by atoms with Crippen LogP contribution in [-0.2, 0) is 19.4 Å². The van der Waals surface area contributed by atoms with Crippen molar-refractivity contribution in [2.45, 2.75) is 51.6 Å². The first kappa shape index (κ1) is 16.3. The summed E-state index contributed by atoms with van der Waals surface area (Å²) >= 11 is 0. The molecule has 2 rings (SSSR count). The quantitative estimate of drug-likeness (QED) is 0.765. The van der Waals surface area contributed by atoms with Crippen LogP contribution < -0.4 is 5.32 Å². The van der Waals surface area contributed by atoms with Gasteiger partial charge in [0.2, 0.25) is 11.8 Å². The monoisotopic (exact) mass is 316 g/mol. The molecule has 1 aliphatic carbocycles. The Morgan fingerprint density at radius 1 is 1.29 bits per heavy atom. The highest BCUT2D eigenvalue weighted by molar-refractivity contribution is 7.91. The van der Waals surface area contributed by atoms with E-state index in [-0.39, 0.29) is 35.8 Å². The summed E-state index contributed by atoms with van der Waals surface area (Å²) in [5, 5.41) is 2.71. The summed E-state index contributed by atoms with van der Waals surface area (Å²) in [5.41, 5.74) is -0.897. The van der Waals surface area contributed by atoms with Gasteiger partial charge in [0.05, 0.1) is 5.75 Å². The van der Waals surface area contributed by atoms with Crippen molar-refractivity contribution in [2.24, 2.45) is 5.92 Å². The number of rotatable bonds is 6. The lowest BCUT2D eigenvalue weighted by Crippen LogP contribution is -2.70. The molecule has 0 aromatic rings. The molecule has 1 heterocycles. The Labute approximate surface area is 126 Å². The molecule has 0 spiro atoms. The molecule has 21 heavy (non-hydrogen) atoms. The minimum absolute atomic E-state index is 0.0745. The second-order valence-electron chi connectivity index (χ2n) is 6.26. The first-order valence-electron chi connectivity index (χ1n) is 7.55. The average Bonchev–Trinajstić information content (AvgIpc) is 3.20. The van der Waals surface area contributed by atoms with Gasteiger partial charge in [0, 0.05) is 12.3 Å². The van der Waals surface area contributed by atoms with E-state index in [1.165, 1.54) is 4.90 Å². The van der Waals surface area contributed by atoms with Crippen LogP contribution in [-0.4, -0.2) is 54.8 Å². The molecule has 0 aromatic heterocycles. The molecule has 2 fully saturated rings. The van der Waals surface area contributed by atoms with Crippen molar-refractivity contribution in [3.05, 3.63) is 0 Å². The van der Waals surface area contributed by atoms with Crippen molar-refractivity contribution in [3.8, 4) is 0 Å². The molecule has 6 nitrogen and oxygen atoms in total. The standard InChI is InChI=1S/C14H24N2O4S/c1-4-8-21(19,20)9-7-16-12(17)10(2)15-13(18)14(16,3)11-5-6-11/h10-11H,4-9H2,1-3H3,(H,15,18). The predicted molar refractivity (Wildman–Crippen MR) is 79.4 cm³/mol. The zero-order valence-corrected chi connectivity index (χ0v) is 13.7. The van der Waals surface area contributed by atoms with Crippen LogP contribution in [0.15, 0.2) is 0 Å². The van der Waals surface area contributed by atoms with Crippen molar-refractivity contribution in [1.29, 1.82) is 0 Å². The van der Waals surface area contributed by atoms with E-state index in [0.717, 1.165) is 12.8 Å². The molecule has 0 aromatic carbocycles. The minimum Gasteiger partial charge on any atom is -0.343 e. The van der Waals surface area contributed by atoms with Crippen LogP contribution in [0.5, 0.6) is 0 Å². The van der Waals surface area contributed by atoms with Crippen molar-refractivity contribution >= 4 is 21.7 Å². The number of sulfone groups is 1. The summed E-state index contributed by atoms with van der Waals surface area (Å²) in [6.07, 6.45) is 2.38. The van der Waals surface area contributed by atoms with E-state index < -0.39 is 21.4 Å². The smallest absolute Gasteiger partial charge is 0.246 e. The Hall–Kier alpha value is -1.11. The summed E-state index contributed by atoms with van der Waals surface area (Å²) in [5.74, 6) is -0.158. The number of nitrogens with one attached hydrogen (secondary N) is 1. The van der Waals surface area contributed by atoms with Gasteiger partial charge in [0.1, 0.15) is 11.6 Å². The third kappa shape index (κ3) is 3.07. The first-order valence-corrected chi connectivity index (χ1v) is 9.37. The van der Waals surface area contributed by atoms with E-state index in [0.29, 0.717) is 6.42 Å². The first-order chi connectivity index (χ1) is 9.72. The summed E-state index contributed by atoms with van der Waals surface area (Å²) in [7, 11) is -3.17. The second-order valence-corrected chi connectivity index (χ2v) is 8.56. The molecule has 120 valence electrons. The molecule has 2 atom stereocenters. The summed E-state index contributed by atoms with van der Waals surface area (Å²) in [6.45, 7) is 5.32. The lowest BCUT2D eigenvalue weighted by atomic mass is 9.88. The Kier molecular flexibility index (Phi) is 4.33. The number of nitrogens with zero attached hydrogens (tertiary/aromatic N) is 1. The Morgan fingerprint density at radius 2 is 1.90 bits per heavy atom. The molecule has 2 amide bonds. The molecule has 1 N–H and O–H groups in total. The largest absolute Gasteiger partial charge is 0.343 e. The fourth-order valence-corrected chi connectivity index (χ4v) is 4.31. The van der Waals surface area contributed by atoms with Crippen LogP contribution in [0.2, 0.25) is 0 Å². The number of carbonyl (C=O) groups is 2. The lowest BCUT2D eigenvalue weighted by Gasteiger charge is -2.46. The summed E-state index contributed by atoms with van der Waals surface area (Å²) in [6, 6.07) is -0.585. The molecule has 0 radical (unpaired) electrons. The van der Waals surface area contributed by atoms with Crippen molar-refractivity contribution in [2.75, 3.05) is 18.1 Å². The maximum absolute atomic E-state index is 12.4. The zero-order valence-electron chi connectivity index (χ0n) is 12.9. The minimum atomic E-state index is -3.17. The fourth-order valence-electron chi connectivity index (χ4n) is 3.03. The number of hydrogen-bond acceptors (Lipinski definition) is 4. The van der Waals surface area contributed by atoms with Gasteiger partial charge in [-0.2, -0.15) is 0 Å². The molecular weight excluding hydrogens is 292 g/mol. The van der Waals surface area contributed by atoms with Gasteiger partial charge in [-0.25, -0.2) is 8.42 Å². The van der Waals surface area contributed by atoms with Crippen molar-refractivity contribution < 1.29 is 18.0 Å². The number of hydrogen-bond donors (Lipinski definition) is 1. The number of carbonyl (C=O) groups excluding carboxylic acids is 2. The van der Waals surface area contributed by atoms with E-state index in [2.05, 4.69) is 5.32 Å². The predicted octanol–water partition coefficient (Wildman–Crippen LogP) is 0.327. The molecule has 0 bridgehead atoms. The van der Waals surface area contributed by atoms with Crippen LogP contribution in [0.1, 0.15) is 40.0 Å². The molecule has 7 heteroatoms. The fraction of sp³-hybridized carbons (Fsp3) is 0.857. The molecular formula is C14H24N2O4S. The topological polar surface area (TPSA) is 83.6 Å². The van der Waals surface area contributed by atoms with Gasteiger partial charge in [-0.15, -0.1) is 0 Å². The second kappa shape index (κ2) is 5.59. The molecule has 1 aliphatic heterocycles. The van der Waals surface area contributed by atoms with E-state index in [1.54, 1.807) is 13.8 Å². The third-order valence-electron chi connectivity index (χ3n) is 4.52. The van der Waals surface area contributed by atoms with Crippen LogP contribution in [0.25, 0.3) is 0 Å². The van der Waals surface area contributed by atoms with Crippen LogP contribution in [0.4, 0.5) is 0 Å². The van der Waals surface area contributed by atoms with E-state index >= 15 is 0 Å². The molecule has 2 aliphatic rings. The average molecular weight is 316 g/mol.